The topological polar surface area (TPSA) is 49.3 Å². The summed E-state index contributed by atoms with van der Waals surface area (Å²) in [7, 11) is 0. The van der Waals surface area contributed by atoms with Crippen molar-refractivity contribution < 1.29 is 9.90 Å². The van der Waals surface area contributed by atoms with Crippen molar-refractivity contribution in [3.63, 3.8) is 0 Å². The van der Waals surface area contributed by atoms with Crippen LogP contribution in [0.4, 0.5) is 0 Å². The SMILES string of the molecule is CC(C)(CCO)NC(=O)C1(c2ccccc2)CCCC1. The van der Waals surface area contributed by atoms with E-state index in [1.54, 1.807) is 0 Å². The van der Waals surface area contributed by atoms with Gasteiger partial charge in [0.05, 0.1) is 5.41 Å². The second-order valence-corrected chi connectivity index (χ2v) is 6.47. The lowest BCUT2D eigenvalue weighted by molar-refractivity contribution is -0.128. The lowest BCUT2D eigenvalue weighted by atomic mass is 9.77. The summed E-state index contributed by atoms with van der Waals surface area (Å²) in [5.41, 5.74) is 0.374. The van der Waals surface area contributed by atoms with Gasteiger partial charge in [-0.25, -0.2) is 0 Å². The van der Waals surface area contributed by atoms with Gasteiger partial charge in [0.25, 0.3) is 0 Å². The van der Waals surface area contributed by atoms with Crippen LogP contribution in [0.1, 0.15) is 51.5 Å². The van der Waals surface area contributed by atoms with Crippen molar-refractivity contribution in [2.75, 3.05) is 6.61 Å². The maximum atomic E-state index is 12.9. The highest BCUT2D eigenvalue weighted by Gasteiger charge is 2.43. The molecule has 0 aliphatic heterocycles. The van der Waals surface area contributed by atoms with E-state index in [1.807, 2.05) is 32.0 Å². The van der Waals surface area contributed by atoms with Gasteiger partial charge >= 0.3 is 0 Å². The zero-order valence-electron chi connectivity index (χ0n) is 12.5. The molecule has 1 fully saturated rings. The Morgan fingerprint density at radius 3 is 2.40 bits per heavy atom. The minimum Gasteiger partial charge on any atom is -0.396 e. The Balaban J connectivity index is 2.23. The fourth-order valence-corrected chi connectivity index (χ4v) is 3.15. The first-order valence-corrected chi connectivity index (χ1v) is 7.49. The smallest absolute Gasteiger partial charge is 0.231 e. The largest absolute Gasteiger partial charge is 0.396 e. The molecule has 0 unspecified atom stereocenters. The zero-order chi connectivity index (χ0) is 14.6. The minimum atomic E-state index is -0.381. The van der Waals surface area contributed by atoms with E-state index in [1.165, 1.54) is 0 Å². The molecule has 1 aliphatic rings. The number of aliphatic hydroxyl groups excluding tert-OH is 1. The number of carbonyl (C=O) groups excluding carboxylic acids is 1. The van der Waals surface area contributed by atoms with Crippen molar-refractivity contribution in [1.82, 2.24) is 5.32 Å². The molecule has 0 saturated heterocycles. The minimum absolute atomic E-state index is 0.0889. The summed E-state index contributed by atoms with van der Waals surface area (Å²) in [4.78, 5) is 12.9. The Hall–Kier alpha value is -1.35. The molecule has 2 N–H and O–H groups in total. The van der Waals surface area contributed by atoms with Gasteiger partial charge in [-0.2, -0.15) is 0 Å². The number of aliphatic hydroxyl groups is 1. The summed E-state index contributed by atoms with van der Waals surface area (Å²) < 4.78 is 0. The van der Waals surface area contributed by atoms with Gasteiger partial charge in [-0.15, -0.1) is 0 Å². The van der Waals surface area contributed by atoms with Gasteiger partial charge in [0.15, 0.2) is 0 Å². The highest BCUT2D eigenvalue weighted by Crippen LogP contribution is 2.41. The van der Waals surface area contributed by atoms with E-state index in [4.69, 9.17) is 5.11 Å². The maximum absolute atomic E-state index is 12.9. The highest BCUT2D eigenvalue weighted by molar-refractivity contribution is 5.89. The van der Waals surface area contributed by atoms with Crippen LogP contribution in [0.5, 0.6) is 0 Å². The van der Waals surface area contributed by atoms with Crippen molar-refractivity contribution in [3.8, 4) is 0 Å². The molecule has 0 spiro atoms. The third kappa shape index (κ3) is 3.04. The van der Waals surface area contributed by atoms with Crippen LogP contribution in [0.2, 0.25) is 0 Å². The second kappa shape index (κ2) is 5.96. The van der Waals surface area contributed by atoms with Crippen LogP contribution < -0.4 is 5.32 Å². The first-order valence-electron chi connectivity index (χ1n) is 7.49. The van der Waals surface area contributed by atoms with Crippen LogP contribution in [-0.2, 0) is 10.2 Å². The number of hydrogen-bond acceptors (Lipinski definition) is 2. The number of nitrogens with one attached hydrogen (secondary N) is 1. The lowest BCUT2D eigenvalue weighted by Gasteiger charge is -2.34. The number of benzene rings is 1. The predicted octanol–water partition coefficient (Wildman–Crippen LogP) is 2.78. The molecule has 2 rings (SSSR count). The average molecular weight is 275 g/mol. The molecule has 1 aromatic carbocycles. The summed E-state index contributed by atoms with van der Waals surface area (Å²) >= 11 is 0. The van der Waals surface area contributed by atoms with E-state index in [2.05, 4.69) is 17.4 Å². The number of carbonyl (C=O) groups is 1. The molecule has 0 bridgehead atoms. The Morgan fingerprint density at radius 1 is 1.25 bits per heavy atom. The molecular weight excluding hydrogens is 250 g/mol. The molecule has 1 aromatic rings. The summed E-state index contributed by atoms with van der Waals surface area (Å²) in [5, 5.41) is 12.2. The average Bonchev–Trinajstić information content (AvgIpc) is 2.89. The molecule has 110 valence electrons. The van der Waals surface area contributed by atoms with Crippen LogP contribution in [0.25, 0.3) is 0 Å². The standard InChI is InChI=1S/C17H25NO2/c1-16(2,12-13-19)18-15(20)17(10-6-7-11-17)14-8-4-3-5-9-14/h3-5,8-9,19H,6-7,10-13H2,1-2H3,(H,18,20). The monoisotopic (exact) mass is 275 g/mol. The quantitative estimate of drug-likeness (QED) is 0.868. The van der Waals surface area contributed by atoms with E-state index < -0.39 is 0 Å². The van der Waals surface area contributed by atoms with Gasteiger partial charge < -0.3 is 10.4 Å². The van der Waals surface area contributed by atoms with Gasteiger partial charge in [-0.1, -0.05) is 43.2 Å². The van der Waals surface area contributed by atoms with Crippen molar-refractivity contribution in [3.05, 3.63) is 35.9 Å². The first kappa shape index (κ1) is 15.0. The van der Waals surface area contributed by atoms with Crippen molar-refractivity contribution in [2.45, 2.75) is 56.9 Å². The summed E-state index contributed by atoms with van der Waals surface area (Å²) in [5.74, 6) is 0.111. The molecule has 1 amide bonds. The second-order valence-electron chi connectivity index (χ2n) is 6.47. The summed E-state index contributed by atoms with van der Waals surface area (Å²) in [6.07, 6.45) is 4.60. The molecule has 3 nitrogen and oxygen atoms in total. The van der Waals surface area contributed by atoms with Gasteiger partial charge in [-0.3, -0.25) is 4.79 Å². The highest BCUT2D eigenvalue weighted by atomic mass is 16.3. The summed E-state index contributed by atoms with van der Waals surface area (Å²) in [6, 6.07) is 10.1. The molecule has 3 heteroatoms. The molecular formula is C17H25NO2. The van der Waals surface area contributed by atoms with Crippen LogP contribution in [-0.4, -0.2) is 23.2 Å². The molecule has 1 saturated carbocycles. The van der Waals surface area contributed by atoms with Crippen molar-refractivity contribution in [2.24, 2.45) is 0 Å². The van der Waals surface area contributed by atoms with E-state index in [0.29, 0.717) is 6.42 Å². The third-order valence-electron chi connectivity index (χ3n) is 4.41. The van der Waals surface area contributed by atoms with Crippen LogP contribution in [0.3, 0.4) is 0 Å². The number of rotatable bonds is 5. The molecule has 20 heavy (non-hydrogen) atoms. The molecule has 0 radical (unpaired) electrons. The van der Waals surface area contributed by atoms with E-state index in [-0.39, 0.29) is 23.5 Å². The molecule has 0 heterocycles. The van der Waals surface area contributed by atoms with E-state index in [0.717, 1.165) is 31.2 Å². The fraction of sp³-hybridized carbons (Fsp3) is 0.588. The van der Waals surface area contributed by atoms with Crippen molar-refractivity contribution >= 4 is 5.91 Å². The van der Waals surface area contributed by atoms with Gasteiger partial charge in [0, 0.05) is 12.1 Å². The molecule has 0 aromatic heterocycles. The number of hydrogen-bond donors (Lipinski definition) is 2. The molecule has 0 atom stereocenters. The van der Waals surface area contributed by atoms with E-state index in [9.17, 15) is 4.79 Å². The zero-order valence-corrected chi connectivity index (χ0v) is 12.5. The predicted molar refractivity (Wildman–Crippen MR) is 80.5 cm³/mol. The van der Waals surface area contributed by atoms with Crippen LogP contribution in [0.15, 0.2) is 30.3 Å². The van der Waals surface area contributed by atoms with Crippen LogP contribution in [0, 0.1) is 0 Å². The van der Waals surface area contributed by atoms with Gasteiger partial charge in [0.1, 0.15) is 0 Å². The third-order valence-corrected chi connectivity index (χ3v) is 4.41. The molecule has 1 aliphatic carbocycles. The Bertz CT molecular complexity index is 447. The van der Waals surface area contributed by atoms with Crippen molar-refractivity contribution in [1.29, 1.82) is 0 Å². The van der Waals surface area contributed by atoms with Gasteiger partial charge in [-0.05, 0) is 38.7 Å². The number of amides is 1. The van der Waals surface area contributed by atoms with Gasteiger partial charge in [0.2, 0.25) is 5.91 Å². The Labute approximate surface area is 121 Å². The lowest BCUT2D eigenvalue weighted by Crippen LogP contribution is -2.52. The fourth-order valence-electron chi connectivity index (χ4n) is 3.15. The first-order chi connectivity index (χ1) is 9.50. The Morgan fingerprint density at radius 2 is 1.85 bits per heavy atom. The van der Waals surface area contributed by atoms with E-state index >= 15 is 0 Å². The normalized spacial score (nSPS) is 17.9. The van der Waals surface area contributed by atoms with Crippen LogP contribution >= 0.6 is 0 Å². The summed E-state index contributed by atoms with van der Waals surface area (Å²) in [6.45, 7) is 4.02. The Kier molecular flexibility index (Phi) is 4.48. The maximum Gasteiger partial charge on any atom is 0.231 e.